The fourth-order valence-corrected chi connectivity index (χ4v) is 3.53. The summed E-state index contributed by atoms with van der Waals surface area (Å²) in [5.41, 5.74) is 2.41. The summed E-state index contributed by atoms with van der Waals surface area (Å²) in [6.07, 6.45) is 1.06. The number of rotatable bonds is 6. The van der Waals surface area contributed by atoms with Gasteiger partial charge in [0.15, 0.2) is 6.10 Å². The molecule has 2 unspecified atom stereocenters. The number of carbonyl (C=O) groups excluding carboxylic acids is 2. The average Bonchev–Trinajstić information content (AvgIpc) is 2.71. The van der Waals surface area contributed by atoms with Gasteiger partial charge >= 0.3 is 0 Å². The first-order chi connectivity index (χ1) is 13.5. The molecule has 0 bridgehead atoms. The first-order valence-electron chi connectivity index (χ1n) is 9.50. The van der Waals surface area contributed by atoms with Crippen molar-refractivity contribution in [2.24, 2.45) is 0 Å². The van der Waals surface area contributed by atoms with Gasteiger partial charge in [0.05, 0.1) is 12.1 Å². The molecular formula is C21H27N3O4. The molecule has 150 valence electrons. The summed E-state index contributed by atoms with van der Waals surface area (Å²) in [7, 11) is 3.04. The molecule has 7 nitrogen and oxygen atoms in total. The first-order valence-corrected chi connectivity index (χ1v) is 9.50. The molecule has 0 aliphatic carbocycles. The number of hydrogen-bond acceptors (Lipinski definition) is 5. The summed E-state index contributed by atoms with van der Waals surface area (Å²) in [5.74, 6) is -0.239. The van der Waals surface area contributed by atoms with Crippen LogP contribution < -0.4 is 5.32 Å². The van der Waals surface area contributed by atoms with Crippen LogP contribution in [0.15, 0.2) is 30.3 Å². The van der Waals surface area contributed by atoms with Gasteiger partial charge in [-0.3, -0.25) is 14.6 Å². The van der Waals surface area contributed by atoms with Crippen molar-refractivity contribution in [1.82, 2.24) is 15.2 Å². The van der Waals surface area contributed by atoms with Gasteiger partial charge in [-0.2, -0.15) is 0 Å². The summed E-state index contributed by atoms with van der Waals surface area (Å²) in [5, 5.41) is 3.99. The second-order valence-electron chi connectivity index (χ2n) is 7.14. The summed E-state index contributed by atoms with van der Waals surface area (Å²) in [6, 6.07) is 9.31. The third-order valence-electron chi connectivity index (χ3n) is 5.04. The van der Waals surface area contributed by atoms with Gasteiger partial charge in [-0.05, 0) is 44.0 Å². The number of methoxy groups -OCH3 is 2. The van der Waals surface area contributed by atoms with Gasteiger partial charge in [0.1, 0.15) is 0 Å². The Balaban J connectivity index is 1.65. The minimum atomic E-state index is -0.615. The van der Waals surface area contributed by atoms with Gasteiger partial charge in [-0.25, -0.2) is 0 Å². The van der Waals surface area contributed by atoms with Crippen molar-refractivity contribution in [1.29, 1.82) is 0 Å². The quantitative estimate of drug-likeness (QED) is 0.822. The van der Waals surface area contributed by atoms with Gasteiger partial charge in [0.25, 0.3) is 11.8 Å². The van der Waals surface area contributed by atoms with Crippen molar-refractivity contribution in [2.45, 2.75) is 31.9 Å². The number of piperidine rings is 1. The summed E-state index contributed by atoms with van der Waals surface area (Å²) >= 11 is 0. The van der Waals surface area contributed by atoms with Crippen molar-refractivity contribution in [2.75, 3.05) is 33.9 Å². The fraction of sp³-hybridized carbons (Fsp3) is 0.476. The lowest BCUT2D eigenvalue weighted by molar-refractivity contribution is -0.146. The van der Waals surface area contributed by atoms with Crippen LogP contribution in [0.4, 0.5) is 0 Å². The van der Waals surface area contributed by atoms with Crippen LogP contribution in [-0.2, 0) is 14.3 Å². The Labute approximate surface area is 165 Å². The number of benzene rings is 1. The van der Waals surface area contributed by atoms with E-state index in [-0.39, 0.29) is 24.5 Å². The number of aromatic nitrogens is 1. The molecule has 0 radical (unpaired) electrons. The number of aryl methyl sites for hydroxylation is 1. The summed E-state index contributed by atoms with van der Waals surface area (Å²) in [6.45, 7) is 3.29. The van der Waals surface area contributed by atoms with E-state index in [9.17, 15) is 9.59 Å². The van der Waals surface area contributed by atoms with E-state index in [1.165, 1.54) is 7.11 Å². The first kappa shape index (κ1) is 20.2. The molecular weight excluding hydrogens is 358 g/mol. The van der Waals surface area contributed by atoms with Crippen LogP contribution in [0.5, 0.6) is 0 Å². The van der Waals surface area contributed by atoms with Crippen molar-refractivity contribution in [3.8, 4) is 0 Å². The maximum Gasteiger partial charge on any atom is 0.254 e. The van der Waals surface area contributed by atoms with E-state index in [1.807, 2.05) is 31.2 Å². The third kappa shape index (κ3) is 4.66. The van der Waals surface area contributed by atoms with Crippen LogP contribution >= 0.6 is 0 Å². The maximum absolute atomic E-state index is 12.7. The molecule has 1 aromatic carbocycles. The molecule has 28 heavy (non-hydrogen) atoms. The van der Waals surface area contributed by atoms with Crippen LogP contribution in [0.25, 0.3) is 10.9 Å². The van der Waals surface area contributed by atoms with E-state index in [1.54, 1.807) is 18.1 Å². The smallest absolute Gasteiger partial charge is 0.254 e. The Bertz CT molecular complexity index is 855. The molecule has 0 saturated carbocycles. The van der Waals surface area contributed by atoms with Crippen molar-refractivity contribution < 1.29 is 19.1 Å². The predicted molar refractivity (Wildman–Crippen MR) is 106 cm³/mol. The largest absolute Gasteiger partial charge is 0.381 e. The molecule has 2 aromatic rings. The Morgan fingerprint density at radius 3 is 2.86 bits per heavy atom. The molecule has 1 saturated heterocycles. The summed E-state index contributed by atoms with van der Waals surface area (Å²) in [4.78, 5) is 31.5. The molecule has 1 aromatic heterocycles. The van der Waals surface area contributed by atoms with Crippen molar-refractivity contribution >= 4 is 22.7 Å². The SMILES string of the molecule is COCC(OC)C(=O)N1CCCC(NC(=O)c2ccc3nc(C)ccc3c2)C1. The van der Waals surface area contributed by atoms with E-state index in [0.29, 0.717) is 18.7 Å². The second kappa shape index (κ2) is 9.12. The molecule has 1 aliphatic heterocycles. The number of amides is 2. The van der Waals surface area contributed by atoms with Gasteiger partial charge in [0.2, 0.25) is 0 Å². The Hall–Kier alpha value is -2.51. The fourth-order valence-electron chi connectivity index (χ4n) is 3.53. The van der Waals surface area contributed by atoms with Crippen LogP contribution in [0.3, 0.4) is 0 Å². The molecule has 1 N–H and O–H groups in total. The zero-order valence-electron chi connectivity index (χ0n) is 16.6. The Morgan fingerprint density at radius 2 is 2.11 bits per heavy atom. The highest BCUT2D eigenvalue weighted by Gasteiger charge is 2.29. The van der Waals surface area contributed by atoms with Gasteiger partial charge in [-0.15, -0.1) is 0 Å². The van der Waals surface area contributed by atoms with E-state index in [2.05, 4.69) is 10.3 Å². The molecule has 1 fully saturated rings. The molecule has 0 spiro atoms. The molecule has 2 atom stereocenters. The van der Waals surface area contributed by atoms with Gasteiger partial charge in [0, 0.05) is 50.0 Å². The third-order valence-corrected chi connectivity index (χ3v) is 5.04. The Kier molecular flexibility index (Phi) is 6.59. The number of hydrogen-bond donors (Lipinski definition) is 1. The van der Waals surface area contributed by atoms with Crippen LogP contribution in [0.2, 0.25) is 0 Å². The van der Waals surface area contributed by atoms with Crippen molar-refractivity contribution in [3.05, 3.63) is 41.6 Å². The number of ether oxygens (including phenoxy) is 2. The van der Waals surface area contributed by atoms with E-state index in [4.69, 9.17) is 9.47 Å². The topological polar surface area (TPSA) is 80.8 Å². The molecule has 7 heteroatoms. The number of carbonyl (C=O) groups is 2. The van der Waals surface area contributed by atoms with E-state index in [0.717, 1.165) is 29.4 Å². The normalized spacial score (nSPS) is 18.1. The highest BCUT2D eigenvalue weighted by atomic mass is 16.5. The molecule has 1 aliphatic rings. The standard InChI is InChI=1S/C21H27N3O4/c1-14-6-7-15-11-16(8-9-18(15)22-14)20(25)23-17-5-4-10-24(12-17)21(26)19(28-3)13-27-2/h6-9,11,17,19H,4-5,10,12-13H2,1-3H3,(H,23,25). The number of likely N-dealkylation sites (tertiary alicyclic amines) is 1. The monoisotopic (exact) mass is 385 g/mol. The van der Waals surface area contributed by atoms with Crippen LogP contribution in [0, 0.1) is 6.92 Å². The Morgan fingerprint density at radius 1 is 1.29 bits per heavy atom. The average molecular weight is 385 g/mol. The zero-order chi connectivity index (χ0) is 20.1. The molecule has 2 heterocycles. The minimum Gasteiger partial charge on any atom is -0.381 e. The highest BCUT2D eigenvalue weighted by Crippen LogP contribution is 2.17. The highest BCUT2D eigenvalue weighted by molar-refractivity contribution is 5.98. The van der Waals surface area contributed by atoms with Crippen LogP contribution in [-0.4, -0.2) is 67.8 Å². The van der Waals surface area contributed by atoms with E-state index < -0.39 is 6.10 Å². The lowest BCUT2D eigenvalue weighted by atomic mass is 10.0. The summed E-state index contributed by atoms with van der Waals surface area (Å²) < 4.78 is 10.3. The number of nitrogens with one attached hydrogen (secondary N) is 1. The number of fused-ring (bicyclic) bond motifs is 1. The number of pyridine rings is 1. The zero-order valence-corrected chi connectivity index (χ0v) is 16.6. The lowest BCUT2D eigenvalue weighted by Gasteiger charge is -2.34. The van der Waals surface area contributed by atoms with Gasteiger partial charge < -0.3 is 19.7 Å². The maximum atomic E-state index is 12.7. The molecule has 3 rings (SSSR count). The predicted octanol–water partition coefficient (Wildman–Crippen LogP) is 1.93. The van der Waals surface area contributed by atoms with E-state index >= 15 is 0 Å². The van der Waals surface area contributed by atoms with Crippen LogP contribution in [0.1, 0.15) is 28.9 Å². The molecule has 2 amide bonds. The lowest BCUT2D eigenvalue weighted by Crippen LogP contribution is -2.52. The number of nitrogens with zero attached hydrogens (tertiary/aromatic N) is 2. The van der Waals surface area contributed by atoms with Gasteiger partial charge in [-0.1, -0.05) is 6.07 Å². The van der Waals surface area contributed by atoms with Crippen molar-refractivity contribution in [3.63, 3.8) is 0 Å². The second-order valence-corrected chi connectivity index (χ2v) is 7.14. The minimum absolute atomic E-state index is 0.0860.